The van der Waals surface area contributed by atoms with Gasteiger partial charge < -0.3 is 10.1 Å². The number of anilines is 1. The van der Waals surface area contributed by atoms with Gasteiger partial charge in [0.15, 0.2) is 5.82 Å². The number of hydrogen-bond donors (Lipinski definition) is 1. The Hall–Kier alpha value is -2.16. The molecule has 0 radical (unpaired) electrons. The van der Waals surface area contributed by atoms with Crippen LogP contribution in [0.4, 0.5) is 5.82 Å². The third-order valence-electron chi connectivity index (χ3n) is 3.07. The van der Waals surface area contributed by atoms with Crippen LogP contribution in [0.5, 0.6) is 0 Å². The highest BCUT2D eigenvalue weighted by Gasteiger charge is 2.23. The van der Waals surface area contributed by atoms with E-state index < -0.39 is 6.04 Å². The molecule has 6 heteroatoms. The lowest BCUT2D eigenvalue weighted by Crippen LogP contribution is -2.33. The molecule has 1 heterocycles. The van der Waals surface area contributed by atoms with Crippen molar-refractivity contribution in [1.29, 1.82) is 5.26 Å². The van der Waals surface area contributed by atoms with E-state index >= 15 is 0 Å². The van der Waals surface area contributed by atoms with E-state index in [1.165, 1.54) is 7.11 Å². The number of rotatable bonds is 5. The summed E-state index contributed by atoms with van der Waals surface area (Å²) in [7, 11) is 1.34. The maximum Gasteiger partial charge on any atom is 0.328 e. The molecule has 1 rings (SSSR count). The summed E-state index contributed by atoms with van der Waals surface area (Å²) in [5.41, 5.74) is 1.87. The fourth-order valence-corrected chi connectivity index (χ4v) is 1.84. The number of carbonyl (C=O) groups is 1. The number of aromatic nitrogens is 2. The first kappa shape index (κ1) is 15.9. The molecule has 0 aliphatic rings. The van der Waals surface area contributed by atoms with Crippen molar-refractivity contribution in [2.24, 2.45) is 5.92 Å². The van der Waals surface area contributed by atoms with Crippen molar-refractivity contribution >= 4 is 11.8 Å². The van der Waals surface area contributed by atoms with E-state index in [0.717, 1.165) is 5.56 Å². The monoisotopic (exact) mass is 276 g/mol. The number of nitrogens with zero attached hydrogens (tertiary/aromatic N) is 3. The lowest BCUT2D eigenvalue weighted by atomic mass is 10.0. The normalized spacial score (nSPS) is 11.8. The molecular formula is C14H20N4O2. The van der Waals surface area contributed by atoms with Crippen molar-refractivity contribution < 1.29 is 9.53 Å². The Morgan fingerprint density at radius 1 is 1.40 bits per heavy atom. The zero-order chi connectivity index (χ0) is 15.3. The molecule has 1 N–H and O–H groups in total. The molecule has 0 aliphatic heterocycles. The molecule has 0 saturated heterocycles. The summed E-state index contributed by atoms with van der Waals surface area (Å²) in [4.78, 5) is 11.8. The molecular weight excluding hydrogens is 256 g/mol. The Kier molecular flexibility index (Phi) is 5.44. The number of nitrogens with one attached hydrogen (secondary N) is 1. The van der Waals surface area contributed by atoms with E-state index in [1.54, 1.807) is 6.92 Å². The van der Waals surface area contributed by atoms with E-state index in [2.05, 4.69) is 21.6 Å². The minimum absolute atomic E-state index is 0.302. The Morgan fingerprint density at radius 2 is 2.05 bits per heavy atom. The summed E-state index contributed by atoms with van der Waals surface area (Å²) in [6, 6.07) is 1.56. The van der Waals surface area contributed by atoms with Crippen molar-refractivity contribution in [2.45, 2.75) is 40.2 Å². The largest absolute Gasteiger partial charge is 0.467 e. The van der Waals surface area contributed by atoms with Gasteiger partial charge in [0.2, 0.25) is 0 Å². The second kappa shape index (κ2) is 6.85. The predicted molar refractivity (Wildman–Crippen MR) is 75.1 cm³/mol. The van der Waals surface area contributed by atoms with Gasteiger partial charge >= 0.3 is 5.97 Å². The van der Waals surface area contributed by atoms with Crippen LogP contribution < -0.4 is 5.32 Å². The van der Waals surface area contributed by atoms with Crippen LogP contribution in [0.2, 0.25) is 0 Å². The fourth-order valence-electron chi connectivity index (χ4n) is 1.84. The van der Waals surface area contributed by atoms with Gasteiger partial charge in [-0.2, -0.15) is 10.4 Å². The molecule has 1 unspecified atom stereocenters. The van der Waals surface area contributed by atoms with Crippen LogP contribution in [0.3, 0.4) is 0 Å². The Bertz CT molecular complexity index is 535. The van der Waals surface area contributed by atoms with Gasteiger partial charge in [0.05, 0.1) is 12.8 Å². The number of ether oxygens (including phenoxy) is 1. The Balaban J connectivity index is 3.09. The molecule has 108 valence electrons. The lowest BCUT2D eigenvalue weighted by Gasteiger charge is -2.19. The average molecular weight is 276 g/mol. The van der Waals surface area contributed by atoms with Gasteiger partial charge in [-0.25, -0.2) is 4.79 Å². The summed E-state index contributed by atoms with van der Waals surface area (Å²) < 4.78 is 4.78. The standard InChI is InChI=1S/C14H20N4O2/c1-8(2)6-12(14(19)20-5)16-13-11(7-15)9(3)10(4)17-18-13/h8,12H,6H2,1-5H3,(H,16,18). The number of methoxy groups -OCH3 is 1. The zero-order valence-corrected chi connectivity index (χ0v) is 12.5. The van der Waals surface area contributed by atoms with Crippen LogP contribution in [0.15, 0.2) is 0 Å². The van der Waals surface area contributed by atoms with Crippen LogP contribution in [-0.4, -0.2) is 29.3 Å². The van der Waals surface area contributed by atoms with Crippen molar-refractivity contribution in [1.82, 2.24) is 10.2 Å². The zero-order valence-electron chi connectivity index (χ0n) is 12.5. The molecule has 1 atom stereocenters. The van der Waals surface area contributed by atoms with Crippen LogP contribution in [0.1, 0.15) is 37.1 Å². The van der Waals surface area contributed by atoms with Gasteiger partial charge in [0, 0.05) is 0 Å². The third kappa shape index (κ3) is 3.67. The number of carbonyl (C=O) groups excluding carboxylic acids is 1. The SMILES string of the molecule is COC(=O)C(CC(C)C)Nc1nnc(C)c(C)c1C#N. The van der Waals surface area contributed by atoms with Crippen molar-refractivity contribution in [3.63, 3.8) is 0 Å². The van der Waals surface area contributed by atoms with E-state index in [9.17, 15) is 10.1 Å². The van der Waals surface area contributed by atoms with Gasteiger partial charge in [0.25, 0.3) is 0 Å². The Morgan fingerprint density at radius 3 is 2.55 bits per heavy atom. The molecule has 0 aliphatic carbocycles. The first-order valence-electron chi connectivity index (χ1n) is 6.49. The summed E-state index contributed by atoms with van der Waals surface area (Å²) in [5, 5.41) is 20.2. The minimum Gasteiger partial charge on any atom is -0.467 e. The summed E-state index contributed by atoms with van der Waals surface area (Å²) in [6.07, 6.45) is 0.589. The van der Waals surface area contributed by atoms with Gasteiger partial charge in [-0.15, -0.1) is 5.10 Å². The summed E-state index contributed by atoms with van der Waals surface area (Å²) >= 11 is 0. The first-order chi connectivity index (χ1) is 9.40. The molecule has 1 aromatic heterocycles. The van der Waals surface area contributed by atoms with E-state index in [4.69, 9.17) is 4.74 Å². The molecule has 0 bridgehead atoms. The topological polar surface area (TPSA) is 87.9 Å². The van der Waals surface area contributed by atoms with Crippen molar-refractivity contribution in [2.75, 3.05) is 12.4 Å². The van der Waals surface area contributed by atoms with Gasteiger partial charge in [0.1, 0.15) is 17.7 Å². The highest BCUT2D eigenvalue weighted by Crippen LogP contribution is 2.19. The fraction of sp³-hybridized carbons (Fsp3) is 0.571. The first-order valence-corrected chi connectivity index (χ1v) is 6.49. The van der Waals surface area contributed by atoms with E-state index in [1.807, 2.05) is 20.8 Å². The molecule has 0 saturated carbocycles. The quantitative estimate of drug-likeness (QED) is 0.827. The highest BCUT2D eigenvalue weighted by atomic mass is 16.5. The smallest absolute Gasteiger partial charge is 0.328 e. The number of esters is 1. The van der Waals surface area contributed by atoms with E-state index in [-0.39, 0.29) is 5.97 Å². The minimum atomic E-state index is -0.538. The Labute approximate surface area is 119 Å². The van der Waals surface area contributed by atoms with E-state index in [0.29, 0.717) is 29.4 Å². The van der Waals surface area contributed by atoms with Gasteiger partial charge in [-0.1, -0.05) is 13.8 Å². The lowest BCUT2D eigenvalue weighted by molar-refractivity contribution is -0.141. The molecule has 0 fully saturated rings. The summed E-state index contributed by atoms with van der Waals surface area (Å²) in [6.45, 7) is 7.62. The van der Waals surface area contributed by atoms with Gasteiger partial charge in [-0.3, -0.25) is 0 Å². The molecule has 0 spiro atoms. The molecule has 1 aromatic rings. The highest BCUT2D eigenvalue weighted by molar-refractivity contribution is 5.79. The van der Waals surface area contributed by atoms with Crippen LogP contribution in [0, 0.1) is 31.1 Å². The van der Waals surface area contributed by atoms with Crippen LogP contribution >= 0.6 is 0 Å². The van der Waals surface area contributed by atoms with Crippen molar-refractivity contribution in [3.8, 4) is 6.07 Å². The average Bonchev–Trinajstić information content (AvgIpc) is 2.41. The molecule has 0 amide bonds. The number of hydrogen-bond acceptors (Lipinski definition) is 6. The second-order valence-electron chi connectivity index (χ2n) is 5.10. The molecule has 20 heavy (non-hydrogen) atoms. The third-order valence-corrected chi connectivity index (χ3v) is 3.07. The maximum atomic E-state index is 11.8. The van der Waals surface area contributed by atoms with Crippen LogP contribution in [-0.2, 0) is 9.53 Å². The van der Waals surface area contributed by atoms with Crippen molar-refractivity contribution in [3.05, 3.63) is 16.8 Å². The number of nitriles is 1. The second-order valence-corrected chi connectivity index (χ2v) is 5.10. The summed E-state index contributed by atoms with van der Waals surface area (Å²) in [5.74, 6) is 0.255. The van der Waals surface area contributed by atoms with Gasteiger partial charge in [-0.05, 0) is 31.7 Å². The predicted octanol–water partition coefficient (Wildman–Crippen LogP) is 1.96. The molecule has 0 aromatic carbocycles. The number of aryl methyl sites for hydroxylation is 1. The van der Waals surface area contributed by atoms with Crippen LogP contribution in [0.25, 0.3) is 0 Å². The maximum absolute atomic E-state index is 11.8. The molecule has 6 nitrogen and oxygen atoms in total.